The molecule has 226 valence electrons. The molecule has 1 aromatic heterocycles. The maximum Gasteiger partial charge on any atom is 0.416 e. The number of anilines is 1. The number of amides is 2. The Bertz CT molecular complexity index is 1480. The van der Waals surface area contributed by atoms with Crippen LogP contribution in [0, 0.1) is 17.5 Å². The molecule has 0 aliphatic rings. The highest BCUT2D eigenvalue weighted by Crippen LogP contribution is 2.31. The first-order chi connectivity index (χ1) is 19.8. The molecule has 6 nitrogen and oxygen atoms in total. The Morgan fingerprint density at radius 1 is 1.05 bits per heavy atom. The minimum atomic E-state index is -4.72. The zero-order valence-corrected chi connectivity index (χ0v) is 23.8. The highest BCUT2D eigenvalue weighted by atomic mass is 19.4. The third kappa shape index (κ3) is 8.82. The van der Waals surface area contributed by atoms with E-state index in [4.69, 9.17) is 0 Å². The second kappa shape index (κ2) is 15.0. The van der Waals surface area contributed by atoms with Crippen LogP contribution in [0.5, 0.6) is 0 Å². The monoisotopic (exact) mass is 594 g/mol. The van der Waals surface area contributed by atoms with Crippen LogP contribution in [-0.4, -0.2) is 21.4 Å². The Morgan fingerprint density at radius 3 is 2.33 bits per heavy atom. The van der Waals surface area contributed by atoms with Crippen LogP contribution in [0.1, 0.15) is 73.4 Å². The van der Waals surface area contributed by atoms with Gasteiger partial charge in [0.05, 0.1) is 16.7 Å². The van der Waals surface area contributed by atoms with E-state index < -0.39 is 58.3 Å². The van der Waals surface area contributed by atoms with Gasteiger partial charge in [0, 0.05) is 32.3 Å². The molecule has 0 spiro atoms. The van der Waals surface area contributed by atoms with Gasteiger partial charge >= 0.3 is 6.18 Å². The summed E-state index contributed by atoms with van der Waals surface area (Å²) < 4.78 is 85.1. The summed E-state index contributed by atoms with van der Waals surface area (Å²) in [6, 6.07) is 3.52. The number of hydrogen-bond donors (Lipinski definition) is 2. The van der Waals surface area contributed by atoms with Crippen LogP contribution < -0.4 is 10.6 Å². The first-order valence-corrected chi connectivity index (χ1v) is 13.1. The molecule has 12 heteroatoms. The zero-order chi connectivity index (χ0) is 31.6. The number of rotatable bonds is 9. The maximum absolute atomic E-state index is 15.6. The van der Waals surface area contributed by atoms with Crippen LogP contribution >= 0.6 is 0 Å². The number of carbonyl (C=O) groups excluding carboxylic acids is 2. The molecule has 0 atom stereocenters. The smallest absolute Gasteiger partial charge is 0.348 e. The molecule has 0 bridgehead atoms. The van der Waals surface area contributed by atoms with Gasteiger partial charge in [-0.25, -0.2) is 18.2 Å². The molecular formula is C30H32F6N4O2. The largest absolute Gasteiger partial charge is 0.416 e. The van der Waals surface area contributed by atoms with Crippen LogP contribution in [0.2, 0.25) is 0 Å². The van der Waals surface area contributed by atoms with Crippen molar-refractivity contribution < 1.29 is 35.9 Å². The summed E-state index contributed by atoms with van der Waals surface area (Å²) in [4.78, 5) is 28.3. The molecular weight excluding hydrogens is 562 g/mol. The van der Waals surface area contributed by atoms with Crippen LogP contribution in [0.4, 0.5) is 32.2 Å². The number of carbonyl (C=O) groups is 2. The highest BCUT2D eigenvalue weighted by Gasteiger charge is 2.31. The van der Waals surface area contributed by atoms with Gasteiger partial charge in [-0.05, 0) is 48.4 Å². The Morgan fingerprint density at radius 2 is 1.71 bits per heavy atom. The molecule has 3 rings (SSSR count). The van der Waals surface area contributed by atoms with Crippen molar-refractivity contribution in [1.82, 2.24) is 14.9 Å². The molecule has 0 aliphatic carbocycles. The fraction of sp³-hybridized carbons (Fsp3) is 0.300. The number of allylic oxidation sites excluding steroid dienone is 3. The summed E-state index contributed by atoms with van der Waals surface area (Å²) in [5, 5.41) is 4.73. The van der Waals surface area contributed by atoms with Gasteiger partial charge in [0.2, 0.25) is 5.91 Å². The molecule has 0 saturated heterocycles. The summed E-state index contributed by atoms with van der Waals surface area (Å²) in [6.07, 6.45) is 2.40. The average Bonchev–Trinajstić information content (AvgIpc) is 3.27. The lowest BCUT2D eigenvalue weighted by molar-refractivity contribution is -0.137. The number of nitrogens with zero attached hydrogens (tertiary/aromatic N) is 2. The number of nitrogens with one attached hydrogen (secondary N) is 2. The maximum atomic E-state index is 15.6. The number of unbranched alkanes of at least 4 members (excludes halogenated alkanes) is 1. The number of alkyl halides is 3. The first-order valence-electron chi connectivity index (χ1n) is 13.1. The van der Waals surface area contributed by atoms with Crippen LogP contribution in [0.3, 0.4) is 0 Å². The fourth-order valence-corrected chi connectivity index (χ4v) is 3.74. The number of hydrogen-bond acceptors (Lipinski definition) is 3. The van der Waals surface area contributed by atoms with Crippen molar-refractivity contribution in [2.24, 2.45) is 7.05 Å². The van der Waals surface area contributed by atoms with E-state index in [2.05, 4.69) is 15.6 Å². The third-order valence-corrected chi connectivity index (χ3v) is 5.72. The molecule has 3 aromatic rings. The van der Waals surface area contributed by atoms with Crippen molar-refractivity contribution in [2.75, 3.05) is 5.32 Å². The van der Waals surface area contributed by atoms with Gasteiger partial charge in [0.15, 0.2) is 5.82 Å². The van der Waals surface area contributed by atoms with E-state index >= 15 is 4.39 Å². The second-order valence-electron chi connectivity index (χ2n) is 8.83. The van der Waals surface area contributed by atoms with E-state index in [1.807, 2.05) is 20.8 Å². The quantitative estimate of drug-likeness (QED) is 0.197. The number of aryl methyl sites for hydroxylation is 1. The normalized spacial score (nSPS) is 11.7. The summed E-state index contributed by atoms with van der Waals surface area (Å²) in [7, 11) is 1.66. The number of benzene rings is 2. The van der Waals surface area contributed by atoms with Gasteiger partial charge in [-0.15, -0.1) is 0 Å². The SMILES string of the molecule is CC.CCC/C=C(/C=C\c1nc(NC(C)=O)cn1C)c1c(F)ccc(C(=O)NCc2cc(C(F)(F)F)ccc2F)c1F. The van der Waals surface area contributed by atoms with Gasteiger partial charge < -0.3 is 15.2 Å². The summed E-state index contributed by atoms with van der Waals surface area (Å²) in [5.74, 6) is -3.90. The van der Waals surface area contributed by atoms with Crippen molar-refractivity contribution in [3.05, 3.63) is 94.2 Å². The Balaban J connectivity index is 0.00000301. The molecule has 0 fully saturated rings. The van der Waals surface area contributed by atoms with E-state index in [1.54, 1.807) is 23.9 Å². The van der Waals surface area contributed by atoms with Crippen molar-refractivity contribution in [3.8, 4) is 0 Å². The number of halogens is 6. The zero-order valence-electron chi connectivity index (χ0n) is 23.8. The van der Waals surface area contributed by atoms with Crippen LogP contribution in [-0.2, 0) is 24.6 Å². The van der Waals surface area contributed by atoms with E-state index in [9.17, 15) is 31.5 Å². The highest BCUT2D eigenvalue weighted by molar-refractivity contribution is 5.96. The van der Waals surface area contributed by atoms with Gasteiger partial charge in [-0.2, -0.15) is 13.2 Å². The first kappa shape index (κ1) is 33.9. The molecule has 0 unspecified atom stereocenters. The molecule has 0 radical (unpaired) electrons. The summed E-state index contributed by atoms with van der Waals surface area (Å²) >= 11 is 0. The minimum absolute atomic E-state index is 0.111. The number of aromatic nitrogens is 2. The molecule has 42 heavy (non-hydrogen) atoms. The lowest BCUT2D eigenvalue weighted by Gasteiger charge is -2.13. The molecule has 0 saturated carbocycles. The van der Waals surface area contributed by atoms with Crippen molar-refractivity contribution >= 4 is 29.3 Å². The predicted octanol–water partition coefficient (Wildman–Crippen LogP) is 7.67. The molecule has 2 aromatic carbocycles. The van der Waals surface area contributed by atoms with Crippen LogP contribution in [0.25, 0.3) is 11.6 Å². The predicted molar refractivity (Wildman–Crippen MR) is 150 cm³/mol. The third-order valence-electron chi connectivity index (χ3n) is 5.72. The van der Waals surface area contributed by atoms with Crippen molar-refractivity contribution in [2.45, 2.75) is 53.3 Å². The Labute approximate surface area is 240 Å². The Kier molecular flexibility index (Phi) is 12.1. The van der Waals surface area contributed by atoms with E-state index in [0.29, 0.717) is 36.9 Å². The van der Waals surface area contributed by atoms with Gasteiger partial charge in [-0.3, -0.25) is 9.59 Å². The summed E-state index contributed by atoms with van der Waals surface area (Å²) in [6.45, 7) is 6.52. The molecule has 1 heterocycles. The minimum Gasteiger partial charge on any atom is -0.348 e. The van der Waals surface area contributed by atoms with Gasteiger partial charge in [0.1, 0.15) is 23.3 Å². The molecule has 0 aliphatic heterocycles. The summed E-state index contributed by atoms with van der Waals surface area (Å²) in [5.41, 5.74) is -2.53. The second-order valence-corrected chi connectivity index (χ2v) is 8.83. The fourth-order valence-electron chi connectivity index (χ4n) is 3.74. The van der Waals surface area contributed by atoms with Gasteiger partial charge in [0.25, 0.3) is 5.91 Å². The van der Waals surface area contributed by atoms with Crippen LogP contribution in [0.15, 0.2) is 48.7 Å². The van der Waals surface area contributed by atoms with Crippen molar-refractivity contribution in [1.29, 1.82) is 0 Å². The van der Waals surface area contributed by atoms with E-state index in [-0.39, 0.29) is 17.3 Å². The van der Waals surface area contributed by atoms with E-state index in [0.717, 1.165) is 12.1 Å². The van der Waals surface area contributed by atoms with Gasteiger partial charge in [-0.1, -0.05) is 39.3 Å². The standard InChI is InChI=1S/C28H26F6N4O2.C2H6/c1-4-5-6-17(7-12-24-37-23(15-38(24)3)36-16(2)39)25-22(30)11-9-20(26(25)31)27(40)35-14-18-13-19(28(32,33)34)8-10-21(18)29;1-2/h6-13,15H,4-5,14H2,1-3H3,(H,35,40)(H,36,39);1-2H3/b12-7-,17-6-;. The lowest BCUT2D eigenvalue weighted by atomic mass is 9.98. The average molecular weight is 595 g/mol. The molecule has 2 amide bonds. The molecule has 2 N–H and O–H groups in total. The van der Waals surface area contributed by atoms with E-state index in [1.165, 1.54) is 19.1 Å². The number of imidazole rings is 1. The van der Waals surface area contributed by atoms with Crippen molar-refractivity contribution in [3.63, 3.8) is 0 Å². The lowest BCUT2D eigenvalue weighted by Crippen LogP contribution is -2.25. The topological polar surface area (TPSA) is 76.0 Å². The Hall–Kier alpha value is -4.35.